The van der Waals surface area contributed by atoms with E-state index in [4.69, 9.17) is 4.74 Å². The third kappa shape index (κ3) is 3.40. The van der Waals surface area contributed by atoms with Crippen molar-refractivity contribution in [2.45, 2.75) is 6.92 Å². The topological polar surface area (TPSA) is 9.23 Å². The smallest absolute Gasteiger partial charge is 0.135 e. The molecule has 1 aliphatic heterocycles. The zero-order chi connectivity index (χ0) is 30.4. The lowest BCUT2D eigenvalue weighted by Gasteiger charge is -2.24. The average molecular weight is 585 g/mol. The van der Waals surface area contributed by atoms with Gasteiger partial charge in [0.15, 0.2) is 0 Å². The Hall–Kier alpha value is -5.92. The summed E-state index contributed by atoms with van der Waals surface area (Å²) in [7, 11) is 0. The number of aryl methyl sites for hydroxylation is 1. The van der Waals surface area contributed by atoms with E-state index in [0.29, 0.717) is 0 Å². The van der Waals surface area contributed by atoms with Gasteiger partial charge >= 0.3 is 0 Å². The van der Waals surface area contributed by atoms with Crippen molar-refractivity contribution in [1.82, 2.24) is 0 Å². The van der Waals surface area contributed by atoms with Crippen molar-refractivity contribution in [3.05, 3.63) is 157 Å². The molecule has 214 valence electrons. The predicted molar refractivity (Wildman–Crippen MR) is 195 cm³/mol. The van der Waals surface area contributed by atoms with E-state index >= 15 is 0 Å². The fraction of sp³-hybridized carbons (Fsp3) is 0.0222. The number of rotatable bonds is 2. The van der Waals surface area contributed by atoms with Gasteiger partial charge in [-0.25, -0.2) is 0 Å². The van der Waals surface area contributed by atoms with E-state index < -0.39 is 0 Å². The summed E-state index contributed by atoms with van der Waals surface area (Å²) in [6.45, 7) is 2.26. The first-order valence-corrected chi connectivity index (χ1v) is 15.9. The molecule has 0 bridgehead atoms. The average Bonchev–Trinajstić information content (AvgIpc) is 3.12. The molecule has 46 heavy (non-hydrogen) atoms. The van der Waals surface area contributed by atoms with Crippen molar-refractivity contribution in [2.75, 3.05) is 0 Å². The Morgan fingerprint density at radius 1 is 0.304 bits per heavy atom. The van der Waals surface area contributed by atoms with Gasteiger partial charge in [-0.2, -0.15) is 0 Å². The summed E-state index contributed by atoms with van der Waals surface area (Å²) in [6, 6.07) is 55.2. The molecule has 1 heterocycles. The normalized spacial score (nSPS) is 12.2. The molecule has 10 rings (SSSR count). The van der Waals surface area contributed by atoms with Crippen molar-refractivity contribution in [3.63, 3.8) is 0 Å². The number of para-hydroxylation sites is 1. The molecule has 0 unspecified atom stereocenters. The second kappa shape index (κ2) is 9.54. The highest BCUT2D eigenvalue weighted by atomic mass is 16.5. The highest BCUT2D eigenvalue weighted by Crippen LogP contribution is 2.52. The Kier molecular flexibility index (Phi) is 5.27. The molecular formula is C45H28O. The predicted octanol–water partition coefficient (Wildman–Crippen LogP) is 12.9. The molecule has 1 nitrogen and oxygen atoms in total. The maximum atomic E-state index is 6.48. The zero-order valence-electron chi connectivity index (χ0n) is 25.3. The van der Waals surface area contributed by atoms with Crippen LogP contribution in [0.15, 0.2) is 152 Å². The Bertz CT molecular complexity index is 2620. The van der Waals surface area contributed by atoms with Crippen molar-refractivity contribution >= 4 is 53.9 Å². The molecule has 0 saturated heterocycles. The van der Waals surface area contributed by atoms with Gasteiger partial charge in [0.05, 0.1) is 0 Å². The lowest BCUT2D eigenvalue weighted by Crippen LogP contribution is -1.98. The fourth-order valence-electron chi connectivity index (χ4n) is 8.10. The lowest BCUT2D eigenvalue weighted by molar-refractivity contribution is 0.487. The SMILES string of the molecule is Cc1c2ccccc2c(-c2c3ccccc3c(-c3ccc4c5c(cccc35)-c3ccccc3O4)c3ccccc23)c2ccccc12. The Balaban J connectivity index is 1.38. The molecule has 0 amide bonds. The highest BCUT2D eigenvalue weighted by molar-refractivity contribution is 6.29. The number of hydrogen-bond acceptors (Lipinski definition) is 1. The van der Waals surface area contributed by atoms with Crippen LogP contribution in [0.1, 0.15) is 5.56 Å². The Labute approximate surface area is 266 Å². The molecule has 0 aliphatic carbocycles. The number of fused-ring (bicyclic) bond motifs is 6. The van der Waals surface area contributed by atoms with Crippen LogP contribution in [-0.4, -0.2) is 0 Å². The molecule has 0 spiro atoms. The molecule has 0 N–H and O–H groups in total. The van der Waals surface area contributed by atoms with Crippen LogP contribution in [0.2, 0.25) is 0 Å². The Morgan fingerprint density at radius 2 is 0.739 bits per heavy atom. The lowest BCUT2D eigenvalue weighted by atomic mass is 9.81. The molecule has 0 aromatic heterocycles. The van der Waals surface area contributed by atoms with E-state index in [0.717, 1.165) is 17.1 Å². The molecule has 1 aliphatic rings. The van der Waals surface area contributed by atoms with Gasteiger partial charge in [0, 0.05) is 10.9 Å². The van der Waals surface area contributed by atoms with Crippen LogP contribution in [0, 0.1) is 6.92 Å². The fourth-order valence-corrected chi connectivity index (χ4v) is 8.10. The quantitative estimate of drug-likeness (QED) is 0.184. The summed E-state index contributed by atoms with van der Waals surface area (Å²) >= 11 is 0. The van der Waals surface area contributed by atoms with E-state index in [2.05, 4.69) is 153 Å². The first-order chi connectivity index (χ1) is 22.8. The van der Waals surface area contributed by atoms with Crippen molar-refractivity contribution in [2.24, 2.45) is 0 Å². The van der Waals surface area contributed by atoms with Crippen LogP contribution < -0.4 is 4.74 Å². The number of hydrogen-bond donors (Lipinski definition) is 0. The standard InChI is InChI=1S/C45H28O/c1-27-28-13-2-4-16-31(28)44(32-17-5-3-14-29(27)32)45-37-20-8-6-18-34(37)42(35-19-7-9-21-38(35)45)39-25-26-41-43-33(22-12-23-36(39)43)30-15-10-11-24-40(30)46-41/h2-26H,1H3. The molecule has 9 aromatic carbocycles. The number of ether oxygens (including phenoxy) is 1. The zero-order valence-corrected chi connectivity index (χ0v) is 25.3. The summed E-state index contributed by atoms with van der Waals surface area (Å²) in [5, 5.41) is 12.6. The molecule has 0 atom stereocenters. The first kappa shape index (κ1) is 25.4. The summed E-state index contributed by atoms with van der Waals surface area (Å²) in [4.78, 5) is 0. The highest BCUT2D eigenvalue weighted by Gasteiger charge is 2.25. The van der Waals surface area contributed by atoms with Crippen molar-refractivity contribution in [1.29, 1.82) is 0 Å². The summed E-state index contributed by atoms with van der Waals surface area (Å²) in [6.07, 6.45) is 0. The Morgan fingerprint density at radius 3 is 1.33 bits per heavy atom. The van der Waals surface area contributed by atoms with Gasteiger partial charge in [0.2, 0.25) is 0 Å². The monoisotopic (exact) mass is 584 g/mol. The van der Waals surface area contributed by atoms with Gasteiger partial charge in [0.25, 0.3) is 0 Å². The van der Waals surface area contributed by atoms with E-state index in [-0.39, 0.29) is 0 Å². The molecule has 1 heteroatoms. The summed E-state index contributed by atoms with van der Waals surface area (Å²) in [5.74, 6) is 1.82. The largest absolute Gasteiger partial charge is 0.456 e. The summed E-state index contributed by atoms with van der Waals surface area (Å²) in [5.41, 5.74) is 8.77. The number of benzene rings is 9. The third-order valence-electron chi connectivity index (χ3n) is 10.1. The second-order valence-electron chi connectivity index (χ2n) is 12.4. The minimum atomic E-state index is 0.910. The minimum absolute atomic E-state index is 0.910. The maximum absolute atomic E-state index is 6.48. The van der Waals surface area contributed by atoms with Crippen LogP contribution in [0.5, 0.6) is 11.5 Å². The van der Waals surface area contributed by atoms with Crippen LogP contribution in [0.4, 0.5) is 0 Å². The third-order valence-corrected chi connectivity index (χ3v) is 10.1. The van der Waals surface area contributed by atoms with E-state index in [9.17, 15) is 0 Å². The van der Waals surface area contributed by atoms with Crippen LogP contribution in [-0.2, 0) is 0 Å². The molecule has 9 aromatic rings. The first-order valence-electron chi connectivity index (χ1n) is 15.9. The van der Waals surface area contributed by atoms with Gasteiger partial charge in [0.1, 0.15) is 11.5 Å². The maximum Gasteiger partial charge on any atom is 0.135 e. The van der Waals surface area contributed by atoms with Crippen LogP contribution in [0.3, 0.4) is 0 Å². The molecular weight excluding hydrogens is 556 g/mol. The molecule has 0 saturated carbocycles. The van der Waals surface area contributed by atoms with Gasteiger partial charge in [-0.15, -0.1) is 0 Å². The summed E-state index contributed by atoms with van der Waals surface area (Å²) < 4.78 is 6.48. The second-order valence-corrected chi connectivity index (χ2v) is 12.4. The molecule has 0 fully saturated rings. The van der Waals surface area contributed by atoms with E-state index in [1.54, 1.807) is 0 Å². The minimum Gasteiger partial charge on any atom is -0.456 e. The van der Waals surface area contributed by atoms with Crippen molar-refractivity contribution in [3.8, 4) is 44.9 Å². The van der Waals surface area contributed by atoms with Gasteiger partial charge < -0.3 is 4.74 Å². The molecule has 0 radical (unpaired) electrons. The van der Waals surface area contributed by atoms with Gasteiger partial charge in [-0.3, -0.25) is 0 Å². The van der Waals surface area contributed by atoms with Crippen LogP contribution in [0.25, 0.3) is 87.2 Å². The van der Waals surface area contributed by atoms with E-state index in [1.807, 2.05) is 6.07 Å². The van der Waals surface area contributed by atoms with Crippen LogP contribution >= 0.6 is 0 Å². The van der Waals surface area contributed by atoms with Gasteiger partial charge in [-0.05, 0) is 107 Å². The van der Waals surface area contributed by atoms with Crippen molar-refractivity contribution < 1.29 is 4.74 Å². The van der Waals surface area contributed by atoms with Gasteiger partial charge in [-0.1, -0.05) is 133 Å². The van der Waals surface area contributed by atoms with E-state index in [1.165, 1.54) is 87.2 Å².